The molecular weight excluding hydrogens is 346 g/mol. The first-order valence-corrected chi connectivity index (χ1v) is 9.44. The van der Waals surface area contributed by atoms with Crippen molar-refractivity contribution in [2.45, 2.75) is 31.5 Å². The molecule has 0 bridgehead atoms. The van der Waals surface area contributed by atoms with Gasteiger partial charge in [-0.15, -0.1) is 5.10 Å². The first kappa shape index (κ1) is 18.1. The van der Waals surface area contributed by atoms with Crippen molar-refractivity contribution in [1.82, 2.24) is 25.5 Å². The Hall–Kier alpha value is -2.67. The lowest BCUT2D eigenvalue weighted by molar-refractivity contribution is -0.118. The summed E-state index contributed by atoms with van der Waals surface area (Å²) in [7, 11) is 0. The van der Waals surface area contributed by atoms with Gasteiger partial charge in [0.15, 0.2) is 0 Å². The van der Waals surface area contributed by atoms with E-state index in [9.17, 15) is 4.79 Å². The van der Waals surface area contributed by atoms with Crippen LogP contribution in [-0.2, 0) is 11.3 Å². The molecular formula is C19H21N5OS. The fraction of sp³-hybridized carbons (Fsp3) is 0.263. The minimum Gasteiger partial charge on any atom is -0.351 e. The van der Waals surface area contributed by atoms with Crippen LogP contribution in [0.5, 0.6) is 0 Å². The fourth-order valence-corrected chi connectivity index (χ4v) is 3.13. The summed E-state index contributed by atoms with van der Waals surface area (Å²) in [5.41, 5.74) is 3.21. The van der Waals surface area contributed by atoms with Crippen molar-refractivity contribution in [3.8, 4) is 5.69 Å². The van der Waals surface area contributed by atoms with Crippen molar-refractivity contribution in [2.75, 3.05) is 5.75 Å². The lowest BCUT2D eigenvalue weighted by Crippen LogP contribution is -2.24. The van der Waals surface area contributed by atoms with Gasteiger partial charge in [0.2, 0.25) is 11.1 Å². The van der Waals surface area contributed by atoms with Crippen LogP contribution in [0.15, 0.2) is 59.8 Å². The predicted octanol–water partition coefficient (Wildman–Crippen LogP) is 3.19. The molecule has 0 saturated heterocycles. The number of rotatable bonds is 7. The number of aromatic nitrogens is 4. The number of nitrogens with zero attached hydrogens (tertiary/aromatic N) is 4. The van der Waals surface area contributed by atoms with Gasteiger partial charge in [0.25, 0.3) is 0 Å². The molecule has 7 heteroatoms. The molecule has 0 fully saturated rings. The summed E-state index contributed by atoms with van der Waals surface area (Å²) in [6.45, 7) is 4.82. The highest BCUT2D eigenvalue weighted by atomic mass is 32.2. The number of carbonyl (C=O) groups excluding carboxylic acids is 1. The zero-order chi connectivity index (χ0) is 18.4. The van der Waals surface area contributed by atoms with Gasteiger partial charge in [-0.25, -0.2) is 0 Å². The molecule has 0 radical (unpaired) electrons. The number of tetrazole rings is 1. The third-order valence-electron chi connectivity index (χ3n) is 3.91. The maximum Gasteiger partial charge on any atom is 0.230 e. The van der Waals surface area contributed by atoms with Crippen molar-refractivity contribution < 1.29 is 4.79 Å². The van der Waals surface area contributed by atoms with E-state index >= 15 is 0 Å². The van der Waals surface area contributed by atoms with E-state index in [2.05, 4.69) is 46.8 Å². The standard InChI is InChI=1S/C19H21N5OS/c1-14(2)16-8-10-17(11-9-16)24-19(21-22-23-24)26-13-18(25)20-12-15-6-4-3-5-7-15/h3-11,14H,12-13H2,1-2H3,(H,20,25). The van der Waals surface area contributed by atoms with Gasteiger partial charge in [-0.05, 0) is 39.6 Å². The Labute approximate surface area is 157 Å². The van der Waals surface area contributed by atoms with E-state index in [-0.39, 0.29) is 11.7 Å². The number of hydrogen-bond donors (Lipinski definition) is 1. The number of nitrogens with one attached hydrogen (secondary N) is 1. The van der Waals surface area contributed by atoms with Crippen LogP contribution >= 0.6 is 11.8 Å². The molecule has 1 amide bonds. The number of benzene rings is 2. The summed E-state index contributed by atoms with van der Waals surface area (Å²) in [6.07, 6.45) is 0. The molecule has 0 aliphatic carbocycles. The minimum atomic E-state index is -0.0523. The predicted molar refractivity (Wildman–Crippen MR) is 102 cm³/mol. The highest BCUT2D eigenvalue weighted by Gasteiger charge is 2.12. The lowest BCUT2D eigenvalue weighted by atomic mass is 10.0. The third kappa shape index (κ3) is 4.70. The van der Waals surface area contributed by atoms with Gasteiger partial charge >= 0.3 is 0 Å². The minimum absolute atomic E-state index is 0.0523. The van der Waals surface area contributed by atoms with Crippen LogP contribution in [0.4, 0.5) is 0 Å². The van der Waals surface area contributed by atoms with Crippen LogP contribution < -0.4 is 5.32 Å². The smallest absolute Gasteiger partial charge is 0.230 e. The second-order valence-corrected chi connectivity index (χ2v) is 7.11. The van der Waals surface area contributed by atoms with E-state index in [0.717, 1.165) is 11.3 Å². The number of amides is 1. The topological polar surface area (TPSA) is 72.7 Å². The SMILES string of the molecule is CC(C)c1ccc(-n2nnnc2SCC(=O)NCc2ccccc2)cc1. The van der Waals surface area contributed by atoms with Crippen LogP contribution in [0.3, 0.4) is 0 Å². The fourth-order valence-electron chi connectivity index (χ4n) is 2.41. The van der Waals surface area contributed by atoms with E-state index in [0.29, 0.717) is 17.6 Å². The van der Waals surface area contributed by atoms with E-state index in [4.69, 9.17) is 0 Å². The molecule has 1 N–H and O–H groups in total. The Balaban J connectivity index is 1.57. The highest BCUT2D eigenvalue weighted by Crippen LogP contribution is 2.20. The van der Waals surface area contributed by atoms with Crippen molar-refractivity contribution >= 4 is 17.7 Å². The molecule has 6 nitrogen and oxygen atoms in total. The van der Waals surface area contributed by atoms with Gasteiger partial charge in [-0.3, -0.25) is 4.79 Å². The Bertz CT molecular complexity index is 846. The first-order valence-electron chi connectivity index (χ1n) is 8.45. The second kappa shape index (κ2) is 8.62. The highest BCUT2D eigenvalue weighted by molar-refractivity contribution is 7.99. The second-order valence-electron chi connectivity index (χ2n) is 6.17. The van der Waals surface area contributed by atoms with Gasteiger partial charge in [0.1, 0.15) is 0 Å². The summed E-state index contributed by atoms with van der Waals surface area (Å²) < 4.78 is 1.65. The van der Waals surface area contributed by atoms with Gasteiger partial charge in [0, 0.05) is 6.54 Å². The maximum atomic E-state index is 12.1. The lowest BCUT2D eigenvalue weighted by Gasteiger charge is -2.08. The molecule has 0 aliphatic heterocycles. The van der Waals surface area contributed by atoms with Crippen molar-refractivity contribution in [1.29, 1.82) is 0 Å². The number of thioether (sulfide) groups is 1. The molecule has 0 spiro atoms. The zero-order valence-corrected chi connectivity index (χ0v) is 15.6. The number of hydrogen-bond acceptors (Lipinski definition) is 5. The van der Waals surface area contributed by atoms with E-state index in [1.165, 1.54) is 17.3 Å². The van der Waals surface area contributed by atoms with Crippen LogP contribution in [-0.4, -0.2) is 31.9 Å². The molecule has 0 unspecified atom stereocenters. The molecule has 3 rings (SSSR count). The summed E-state index contributed by atoms with van der Waals surface area (Å²) in [4.78, 5) is 12.1. The molecule has 0 saturated carbocycles. The monoisotopic (exact) mass is 367 g/mol. The Morgan fingerprint density at radius 3 is 2.54 bits per heavy atom. The summed E-state index contributed by atoms with van der Waals surface area (Å²) in [5, 5.41) is 15.3. The molecule has 26 heavy (non-hydrogen) atoms. The summed E-state index contributed by atoms with van der Waals surface area (Å²) in [5.74, 6) is 0.681. The molecule has 0 aliphatic rings. The molecule has 1 aromatic heterocycles. The molecule has 3 aromatic rings. The average molecular weight is 367 g/mol. The quantitative estimate of drug-likeness (QED) is 0.649. The van der Waals surface area contributed by atoms with Gasteiger partial charge in [-0.1, -0.05) is 68.1 Å². The van der Waals surface area contributed by atoms with E-state index < -0.39 is 0 Å². The summed E-state index contributed by atoms with van der Waals surface area (Å²) in [6, 6.07) is 17.9. The van der Waals surface area contributed by atoms with Crippen molar-refractivity contribution in [2.24, 2.45) is 0 Å². The number of carbonyl (C=O) groups is 1. The van der Waals surface area contributed by atoms with Crippen LogP contribution in [0.25, 0.3) is 5.69 Å². The van der Waals surface area contributed by atoms with Crippen LogP contribution in [0, 0.1) is 0 Å². The Morgan fingerprint density at radius 2 is 1.85 bits per heavy atom. The van der Waals surface area contributed by atoms with Crippen molar-refractivity contribution in [3.05, 3.63) is 65.7 Å². The Morgan fingerprint density at radius 1 is 1.12 bits per heavy atom. The van der Waals surface area contributed by atoms with E-state index in [1.807, 2.05) is 42.5 Å². The Kier molecular flexibility index (Phi) is 6.01. The first-order chi connectivity index (χ1) is 12.6. The summed E-state index contributed by atoms with van der Waals surface area (Å²) >= 11 is 1.32. The van der Waals surface area contributed by atoms with Crippen molar-refractivity contribution in [3.63, 3.8) is 0 Å². The van der Waals surface area contributed by atoms with Gasteiger partial charge in [0.05, 0.1) is 11.4 Å². The zero-order valence-electron chi connectivity index (χ0n) is 14.8. The molecule has 134 valence electrons. The normalized spacial score (nSPS) is 10.9. The van der Waals surface area contributed by atoms with Gasteiger partial charge in [-0.2, -0.15) is 4.68 Å². The molecule has 0 atom stereocenters. The van der Waals surface area contributed by atoms with Crippen LogP contribution in [0.1, 0.15) is 30.9 Å². The average Bonchev–Trinajstić information content (AvgIpc) is 3.14. The van der Waals surface area contributed by atoms with Crippen LogP contribution in [0.2, 0.25) is 0 Å². The maximum absolute atomic E-state index is 12.1. The van der Waals surface area contributed by atoms with Gasteiger partial charge < -0.3 is 5.32 Å². The molecule has 2 aromatic carbocycles. The third-order valence-corrected chi connectivity index (χ3v) is 4.83. The largest absolute Gasteiger partial charge is 0.351 e. The van der Waals surface area contributed by atoms with E-state index in [1.54, 1.807) is 4.68 Å². The molecule has 1 heterocycles.